The zero-order chi connectivity index (χ0) is 18.3. The summed E-state index contributed by atoms with van der Waals surface area (Å²) in [5, 5.41) is 7.38. The van der Waals surface area contributed by atoms with E-state index in [2.05, 4.69) is 27.3 Å². The van der Waals surface area contributed by atoms with Crippen LogP contribution in [0.3, 0.4) is 0 Å². The Morgan fingerprint density at radius 3 is 2.92 bits per heavy atom. The maximum absolute atomic E-state index is 14.3. The minimum absolute atomic E-state index is 0.0927. The highest BCUT2D eigenvalue weighted by Gasteiger charge is 2.46. The lowest BCUT2D eigenvalue weighted by molar-refractivity contribution is -0.125. The van der Waals surface area contributed by atoms with E-state index in [9.17, 15) is 14.0 Å². The molecule has 0 unspecified atom stereocenters. The molecule has 134 valence electrons. The highest BCUT2D eigenvalue weighted by molar-refractivity contribution is 5.80. The van der Waals surface area contributed by atoms with Gasteiger partial charge < -0.3 is 10.3 Å². The number of aromatic amines is 1. The second-order valence-corrected chi connectivity index (χ2v) is 6.89. The van der Waals surface area contributed by atoms with E-state index in [0.717, 1.165) is 0 Å². The summed E-state index contributed by atoms with van der Waals surface area (Å²) >= 11 is 0. The molecule has 0 spiro atoms. The third kappa shape index (κ3) is 2.67. The molecule has 1 saturated carbocycles. The fourth-order valence-corrected chi connectivity index (χ4v) is 3.83. The maximum atomic E-state index is 14.3. The predicted octanol–water partition coefficient (Wildman–Crippen LogP) is 1.70. The molecule has 2 aromatic heterocycles. The lowest BCUT2D eigenvalue weighted by Crippen LogP contribution is -2.55. The van der Waals surface area contributed by atoms with Gasteiger partial charge >= 0.3 is 0 Å². The fourth-order valence-electron chi connectivity index (χ4n) is 3.83. The van der Waals surface area contributed by atoms with Crippen LogP contribution in [0.15, 0.2) is 41.6 Å². The van der Waals surface area contributed by atoms with Crippen molar-refractivity contribution < 1.29 is 9.18 Å². The van der Waals surface area contributed by atoms with Gasteiger partial charge in [-0.25, -0.2) is 14.1 Å². The molecule has 0 saturated heterocycles. The Hall–Kier alpha value is -3.03. The van der Waals surface area contributed by atoms with E-state index in [0.29, 0.717) is 35.4 Å². The van der Waals surface area contributed by atoms with E-state index < -0.39 is 5.54 Å². The van der Waals surface area contributed by atoms with E-state index in [-0.39, 0.29) is 23.8 Å². The van der Waals surface area contributed by atoms with Gasteiger partial charge in [0.1, 0.15) is 17.7 Å². The van der Waals surface area contributed by atoms with Gasteiger partial charge in [0, 0.05) is 5.56 Å². The summed E-state index contributed by atoms with van der Waals surface area (Å²) in [6.07, 6.45) is 4.01. The van der Waals surface area contributed by atoms with Gasteiger partial charge in [-0.15, -0.1) is 0 Å². The third-order valence-corrected chi connectivity index (χ3v) is 4.89. The summed E-state index contributed by atoms with van der Waals surface area (Å²) in [7, 11) is 0. The smallest absolute Gasteiger partial charge is 0.261 e. The Bertz CT molecular complexity index is 1040. The van der Waals surface area contributed by atoms with Crippen LogP contribution in [0.25, 0.3) is 11.0 Å². The molecule has 3 aromatic rings. The summed E-state index contributed by atoms with van der Waals surface area (Å²) in [5.41, 5.74) is -0.162. The minimum Gasteiger partial charge on any atom is -0.345 e. The lowest BCUT2D eigenvalue weighted by atomic mass is 9.65. The van der Waals surface area contributed by atoms with Crippen LogP contribution in [0, 0.1) is 11.7 Å². The van der Waals surface area contributed by atoms with Gasteiger partial charge in [0.15, 0.2) is 5.65 Å². The fraction of sp³-hybridized carbons (Fsp3) is 0.333. The van der Waals surface area contributed by atoms with Crippen molar-refractivity contribution in [3.8, 4) is 0 Å². The van der Waals surface area contributed by atoms with Crippen LogP contribution in [0.1, 0.15) is 25.3 Å². The number of benzene rings is 1. The first-order valence-electron chi connectivity index (χ1n) is 8.44. The van der Waals surface area contributed by atoms with Gasteiger partial charge in [0.25, 0.3) is 5.56 Å². The molecule has 4 rings (SSSR count). The zero-order valence-corrected chi connectivity index (χ0v) is 14.2. The molecule has 0 atom stereocenters. The molecule has 0 bridgehead atoms. The molecule has 8 heteroatoms. The van der Waals surface area contributed by atoms with Crippen LogP contribution >= 0.6 is 0 Å². The summed E-state index contributed by atoms with van der Waals surface area (Å²) in [4.78, 5) is 30.9. The number of hydrogen-bond acceptors (Lipinski definition) is 4. The van der Waals surface area contributed by atoms with E-state index in [4.69, 9.17) is 0 Å². The molecule has 1 aromatic carbocycles. The number of nitrogens with zero attached hydrogens (tertiary/aromatic N) is 3. The summed E-state index contributed by atoms with van der Waals surface area (Å²) in [6.45, 7) is 1.98. The number of hydrogen-bond donors (Lipinski definition) is 2. The van der Waals surface area contributed by atoms with Crippen molar-refractivity contribution in [2.45, 2.75) is 31.8 Å². The van der Waals surface area contributed by atoms with Crippen LogP contribution in [-0.4, -0.2) is 25.7 Å². The molecule has 0 radical (unpaired) electrons. The number of fused-ring (bicyclic) bond motifs is 1. The van der Waals surface area contributed by atoms with Crippen LogP contribution in [-0.2, 0) is 16.9 Å². The number of halogens is 1. The van der Waals surface area contributed by atoms with Crippen molar-refractivity contribution in [3.05, 3.63) is 58.5 Å². The maximum Gasteiger partial charge on any atom is 0.261 e. The molecule has 2 heterocycles. The van der Waals surface area contributed by atoms with Crippen molar-refractivity contribution in [2.75, 3.05) is 0 Å². The van der Waals surface area contributed by atoms with E-state index in [1.54, 1.807) is 18.2 Å². The average Bonchev–Trinajstić information content (AvgIpc) is 2.98. The number of carbonyl (C=O) groups is 1. The van der Waals surface area contributed by atoms with Crippen molar-refractivity contribution in [3.63, 3.8) is 0 Å². The van der Waals surface area contributed by atoms with Crippen molar-refractivity contribution in [1.82, 2.24) is 25.1 Å². The first-order valence-corrected chi connectivity index (χ1v) is 8.44. The van der Waals surface area contributed by atoms with Gasteiger partial charge in [0.2, 0.25) is 5.91 Å². The van der Waals surface area contributed by atoms with Crippen molar-refractivity contribution in [1.29, 1.82) is 0 Å². The second kappa shape index (κ2) is 6.05. The lowest BCUT2D eigenvalue weighted by Gasteiger charge is -2.47. The van der Waals surface area contributed by atoms with Crippen LogP contribution in [0.2, 0.25) is 0 Å². The number of carbonyl (C=O) groups excluding carboxylic acids is 1. The normalized spacial score (nSPS) is 22.2. The standard InChI is InChI=1S/C18H18FN5O2/c1-11-6-18(7-11,13-4-2-3-5-14(13)19)23-15(25)9-24-16-12(8-22-24)17(26)21-10-20-16/h2-5,8,10-11H,6-7,9H2,1H3,(H,23,25)(H,20,21,26). The van der Waals surface area contributed by atoms with Gasteiger partial charge in [0.05, 0.1) is 18.1 Å². The molecular formula is C18H18FN5O2. The Balaban J connectivity index is 1.59. The van der Waals surface area contributed by atoms with E-state index in [1.165, 1.54) is 23.3 Å². The number of aromatic nitrogens is 4. The average molecular weight is 355 g/mol. The number of nitrogens with one attached hydrogen (secondary N) is 2. The number of rotatable bonds is 4. The Morgan fingerprint density at radius 2 is 2.19 bits per heavy atom. The van der Waals surface area contributed by atoms with Gasteiger partial charge in [-0.1, -0.05) is 25.1 Å². The molecule has 0 aliphatic heterocycles. The first-order chi connectivity index (χ1) is 12.5. The molecular weight excluding hydrogens is 337 g/mol. The van der Waals surface area contributed by atoms with Crippen molar-refractivity contribution in [2.24, 2.45) is 5.92 Å². The van der Waals surface area contributed by atoms with Crippen molar-refractivity contribution >= 4 is 16.9 Å². The Kier molecular flexibility index (Phi) is 3.82. The van der Waals surface area contributed by atoms with Crippen LogP contribution in [0.4, 0.5) is 4.39 Å². The first kappa shape index (κ1) is 16.4. The molecule has 1 aliphatic rings. The molecule has 1 amide bonds. The third-order valence-electron chi connectivity index (χ3n) is 4.89. The second-order valence-electron chi connectivity index (χ2n) is 6.89. The largest absolute Gasteiger partial charge is 0.345 e. The molecule has 2 N–H and O–H groups in total. The molecule has 26 heavy (non-hydrogen) atoms. The molecule has 1 aliphatic carbocycles. The summed E-state index contributed by atoms with van der Waals surface area (Å²) in [5.74, 6) is -0.217. The van der Waals surface area contributed by atoms with Crippen LogP contribution < -0.4 is 10.9 Å². The SMILES string of the molecule is CC1CC(NC(=O)Cn2ncc3c(=O)[nH]cnc32)(c2ccccc2F)C1. The minimum atomic E-state index is -0.699. The molecule has 7 nitrogen and oxygen atoms in total. The number of amides is 1. The number of H-pyrrole nitrogens is 1. The van der Waals surface area contributed by atoms with E-state index >= 15 is 0 Å². The topological polar surface area (TPSA) is 92.7 Å². The van der Waals surface area contributed by atoms with Gasteiger partial charge in [-0.2, -0.15) is 5.10 Å². The summed E-state index contributed by atoms with van der Waals surface area (Å²) in [6, 6.07) is 6.53. The monoisotopic (exact) mass is 355 g/mol. The van der Waals surface area contributed by atoms with E-state index in [1.807, 2.05) is 0 Å². The Labute approximate surface area is 148 Å². The van der Waals surface area contributed by atoms with Gasteiger partial charge in [-0.3, -0.25) is 9.59 Å². The Morgan fingerprint density at radius 1 is 1.42 bits per heavy atom. The highest BCUT2D eigenvalue weighted by Crippen LogP contribution is 2.46. The van der Waals surface area contributed by atoms with Gasteiger partial charge in [-0.05, 0) is 24.8 Å². The highest BCUT2D eigenvalue weighted by atomic mass is 19.1. The molecule has 1 fully saturated rings. The quantitative estimate of drug-likeness (QED) is 0.745. The van der Waals surface area contributed by atoms with Crippen LogP contribution in [0.5, 0.6) is 0 Å². The summed E-state index contributed by atoms with van der Waals surface area (Å²) < 4.78 is 15.7. The zero-order valence-electron chi connectivity index (χ0n) is 14.2. The predicted molar refractivity (Wildman–Crippen MR) is 92.8 cm³/mol.